The molecule has 1 amide bonds. The molecule has 0 radical (unpaired) electrons. The van der Waals surface area contributed by atoms with Gasteiger partial charge >= 0.3 is 0 Å². The van der Waals surface area contributed by atoms with Gasteiger partial charge in [0.15, 0.2) is 0 Å². The normalized spacial score (nSPS) is 19.1. The van der Waals surface area contributed by atoms with Crippen LogP contribution in [-0.2, 0) is 9.53 Å². The van der Waals surface area contributed by atoms with Crippen molar-refractivity contribution < 1.29 is 9.53 Å². The molecular weight excluding hydrogens is 301 g/mol. The van der Waals surface area contributed by atoms with Gasteiger partial charge in [0.1, 0.15) is 0 Å². The molecule has 1 aliphatic rings. The van der Waals surface area contributed by atoms with Crippen molar-refractivity contribution in [2.24, 2.45) is 0 Å². The molecule has 0 bridgehead atoms. The molecule has 0 aromatic carbocycles. The zero-order valence-electron chi connectivity index (χ0n) is 11.4. The summed E-state index contributed by atoms with van der Waals surface area (Å²) in [5.41, 5.74) is 1.01. The van der Waals surface area contributed by atoms with E-state index in [0.717, 1.165) is 18.7 Å². The predicted molar refractivity (Wildman–Crippen MR) is 82.5 cm³/mol. The van der Waals surface area contributed by atoms with E-state index in [4.69, 9.17) is 4.74 Å². The van der Waals surface area contributed by atoms with E-state index in [2.05, 4.69) is 15.6 Å². The quantitative estimate of drug-likeness (QED) is 0.881. The van der Waals surface area contributed by atoms with Crippen LogP contribution in [0, 0.1) is 0 Å². The van der Waals surface area contributed by atoms with Crippen LogP contribution < -0.4 is 10.6 Å². The number of amides is 1. The lowest BCUT2D eigenvalue weighted by Crippen LogP contribution is -2.41. The summed E-state index contributed by atoms with van der Waals surface area (Å²) in [6.45, 7) is 4.24. The summed E-state index contributed by atoms with van der Waals surface area (Å²) in [5.74, 6) is 0.0139. The van der Waals surface area contributed by atoms with Crippen molar-refractivity contribution in [3.8, 4) is 0 Å². The molecular formula is C13H21Cl2N3O2. The number of aromatic nitrogens is 1. The Hall–Kier alpha value is -0.880. The zero-order chi connectivity index (χ0) is 12.8. The van der Waals surface area contributed by atoms with E-state index < -0.39 is 0 Å². The molecule has 1 aromatic heterocycles. The van der Waals surface area contributed by atoms with E-state index in [1.54, 1.807) is 12.4 Å². The Morgan fingerprint density at radius 2 is 2.40 bits per heavy atom. The Labute approximate surface area is 131 Å². The lowest BCUT2D eigenvalue weighted by molar-refractivity contribution is -0.125. The number of carbonyl (C=O) groups excluding carboxylic acids is 1. The zero-order valence-corrected chi connectivity index (χ0v) is 13.0. The van der Waals surface area contributed by atoms with Gasteiger partial charge in [-0.05, 0) is 18.6 Å². The minimum absolute atomic E-state index is 0. The van der Waals surface area contributed by atoms with E-state index in [9.17, 15) is 4.79 Å². The smallest absolute Gasteiger partial charge is 0.223 e. The molecule has 0 spiro atoms. The lowest BCUT2D eigenvalue weighted by Gasteiger charge is -2.24. The second-order valence-electron chi connectivity index (χ2n) is 4.48. The topological polar surface area (TPSA) is 63.2 Å². The van der Waals surface area contributed by atoms with Crippen molar-refractivity contribution in [2.75, 3.05) is 19.7 Å². The Balaban J connectivity index is 0.00000180. The van der Waals surface area contributed by atoms with Gasteiger partial charge < -0.3 is 15.4 Å². The Morgan fingerprint density at radius 3 is 3.00 bits per heavy atom. The molecule has 1 unspecified atom stereocenters. The van der Waals surface area contributed by atoms with Crippen molar-refractivity contribution in [2.45, 2.75) is 25.5 Å². The van der Waals surface area contributed by atoms with Crippen molar-refractivity contribution >= 4 is 30.7 Å². The number of hydrogen-bond donors (Lipinski definition) is 2. The number of hydrogen-bond acceptors (Lipinski definition) is 4. The summed E-state index contributed by atoms with van der Waals surface area (Å²) in [4.78, 5) is 15.9. The minimum Gasteiger partial charge on any atom is -0.375 e. The first-order chi connectivity index (χ1) is 8.75. The van der Waals surface area contributed by atoms with Gasteiger partial charge in [0.25, 0.3) is 0 Å². The van der Waals surface area contributed by atoms with Gasteiger partial charge in [-0.15, -0.1) is 24.8 Å². The average molecular weight is 322 g/mol. The van der Waals surface area contributed by atoms with Crippen molar-refractivity contribution in [3.05, 3.63) is 30.1 Å². The van der Waals surface area contributed by atoms with Gasteiger partial charge in [-0.3, -0.25) is 9.78 Å². The maximum absolute atomic E-state index is 11.9. The number of ether oxygens (including phenoxy) is 1. The standard InChI is InChI=1S/C13H19N3O2.2ClH/c1-10(11-3-2-4-14-8-11)16-13(17)7-12-9-15-5-6-18-12;;/h2-4,8,10,12,15H,5-7,9H2,1H3,(H,16,17);2*1H/t10-,12?;;/m0../s1. The van der Waals surface area contributed by atoms with Crippen LogP contribution in [0.4, 0.5) is 0 Å². The minimum atomic E-state index is -0.0252. The maximum atomic E-state index is 11.9. The van der Waals surface area contributed by atoms with Crippen LogP contribution >= 0.6 is 24.8 Å². The van der Waals surface area contributed by atoms with Gasteiger partial charge in [0, 0.05) is 25.5 Å². The Morgan fingerprint density at radius 1 is 1.60 bits per heavy atom. The molecule has 7 heteroatoms. The number of rotatable bonds is 4. The first kappa shape index (κ1) is 19.1. The van der Waals surface area contributed by atoms with Crippen LogP contribution in [0.3, 0.4) is 0 Å². The van der Waals surface area contributed by atoms with E-state index in [1.807, 2.05) is 19.1 Å². The summed E-state index contributed by atoms with van der Waals surface area (Å²) in [7, 11) is 0. The van der Waals surface area contributed by atoms with E-state index in [-0.39, 0.29) is 42.9 Å². The van der Waals surface area contributed by atoms with Gasteiger partial charge in [-0.2, -0.15) is 0 Å². The lowest BCUT2D eigenvalue weighted by atomic mass is 10.1. The molecule has 2 heterocycles. The molecule has 2 N–H and O–H groups in total. The number of nitrogens with one attached hydrogen (secondary N) is 2. The molecule has 1 fully saturated rings. The van der Waals surface area contributed by atoms with Crippen LogP contribution in [0.25, 0.3) is 0 Å². The molecule has 2 atom stereocenters. The Kier molecular flexibility index (Phi) is 9.50. The van der Waals surface area contributed by atoms with Crippen molar-refractivity contribution in [1.29, 1.82) is 0 Å². The predicted octanol–water partition coefficient (Wildman–Crippen LogP) is 1.48. The number of nitrogens with zero attached hydrogens (tertiary/aromatic N) is 1. The van der Waals surface area contributed by atoms with Crippen LogP contribution in [0.15, 0.2) is 24.5 Å². The Bertz CT molecular complexity index is 386. The van der Waals surface area contributed by atoms with Gasteiger partial charge in [0.2, 0.25) is 5.91 Å². The SMILES string of the molecule is C[C@H](NC(=O)CC1CNCCO1)c1cccnc1.Cl.Cl. The van der Waals surface area contributed by atoms with Gasteiger partial charge in [0.05, 0.1) is 25.2 Å². The van der Waals surface area contributed by atoms with E-state index in [1.165, 1.54) is 0 Å². The third-order valence-electron chi connectivity index (χ3n) is 2.98. The van der Waals surface area contributed by atoms with Crippen molar-refractivity contribution in [3.63, 3.8) is 0 Å². The summed E-state index contributed by atoms with van der Waals surface area (Å²) < 4.78 is 5.50. The molecule has 0 saturated carbocycles. The highest BCUT2D eigenvalue weighted by Gasteiger charge is 2.18. The molecule has 2 rings (SSSR count). The largest absolute Gasteiger partial charge is 0.375 e. The highest BCUT2D eigenvalue weighted by molar-refractivity contribution is 5.85. The fraction of sp³-hybridized carbons (Fsp3) is 0.538. The number of carbonyl (C=O) groups is 1. The van der Waals surface area contributed by atoms with Crippen LogP contribution in [-0.4, -0.2) is 36.7 Å². The van der Waals surface area contributed by atoms with Crippen LogP contribution in [0.5, 0.6) is 0 Å². The average Bonchev–Trinajstić information content (AvgIpc) is 2.40. The second kappa shape index (κ2) is 9.94. The fourth-order valence-corrected chi connectivity index (χ4v) is 1.97. The summed E-state index contributed by atoms with van der Waals surface area (Å²) >= 11 is 0. The van der Waals surface area contributed by atoms with Gasteiger partial charge in [-0.25, -0.2) is 0 Å². The summed E-state index contributed by atoms with van der Waals surface area (Å²) in [6, 6.07) is 3.80. The molecule has 114 valence electrons. The second-order valence-corrected chi connectivity index (χ2v) is 4.48. The van der Waals surface area contributed by atoms with Crippen LogP contribution in [0.2, 0.25) is 0 Å². The molecule has 1 saturated heterocycles. The monoisotopic (exact) mass is 321 g/mol. The van der Waals surface area contributed by atoms with Crippen molar-refractivity contribution in [1.82, 2.24) is 15.6 Å². The molecule has 1 aliphatic heterocycles. The summed E-state index contributed by atoms with van der Waals surface area (Å²) in [6.07, 6.45) is 3.88. The maximum Gasteiger partial charge on any atom is 0.223 e. The third-order valence-corrected chi connectivity index (χ3v) is 2.98. The van der Waals surface area contributed by atoms with Gasteiger partial charge in [-0.1, -0.05) is 6.07 Å². The first-order valence-corrected chi connectivity index (χ1v) is 6.27. The fourth-order valence-electron chi connectivity index (χ4n) is 1.97. The van der Waals surface area contributed by atoms with E-state index >= 15 is 0 Å². The number of halogens is 2. The molecule has 0 aliphatic carbocycles. The third kappa shape index (κ3) is 6.05. The molecule has 1 aromatic rings. The first-order valence-electron chi connectivity index (χ1n) is 6.27. The number of morpholine rings is 1. The number of pyridine rings is 1. The highest BCUT2D eigenvalue weighted by atomic mass is 35.5. The highest BCUT2D eigenvalue weighted by Crippen LogP contribution is 2.10. The van der Waals surface area contributed by atoms with Crippen LogP contribution in [0.1, 0.15) is 24.9 Å². The molecule has 5 nitrogen and oxygen atoms in total. The van der Waals surface area contributed by atoms with E-state index in [0.29, 0.717) is 13.0 Å². The molecule has 20 heavy (non-hydrogen) atoms. The summed E-state index contributed by atoms with van der Waals surface area (Å²) in [5, 5.41) is 6.17.